The summed E-state index contributed by atoms with van der Waals surface area (Å²) in [6.07, 6.45) is 0.529. The van der Waals surface area contributed by atoms with Crippen molar-refractivity contribution in [3.05, 3.63) is 35.4 Å². The van der Waals surface area contributed by atoms with Gasteiger partial charge in [0.15, 0.2) is 17.4 Å². The van der Waals surface area contributed by atoms with Crippen molar-refractivity contribution in [3.8, 4) is 0 Å². The van der Waals surface area contributed by atoms with Crippen LogP contribution in [0.3, 0.4) is 0 Å². The Morgan fingerprint density at radius 2 is 2.08 bits per heavy atom. The number of carbonyl (C=O) groups is 2. The van der Waals surface area contributed by atoms with Gasteiger partial charge in [-0.2, -0.15) is 0 Å². The Morgan fingerprint density at radius 1 is 1.31 bits per heavy atom. The molecule has 2 heterocycles. The molecule has 26 heavy (non-hydrogen) atoms. The van der Waals surface area contributed by atoms with Crippen molar-refractivity contribution in [3.63, 3.8) is 0 Å². The summed E-state index contributed by atoms with van der Waals surface area (Å²) in [7, 11) is 1.69. The van der Waals surface area contributed by atoms with Gasteiger partial charge in [0.25, 0.3) is 5.91 Å². The van der Waals surface area contributed by atoms with Crippen LogP contribution in [0.4, 0.5) is 4.79 Å². The Labute approximate surface area is 159 Å². The van der Waals surface area contributed by atoms with Gasteiger partial charge in [-0.1, -0.05) is 55.4 Å². The van der Waals surface area contributed by atoms with Crippen LogP contribution in [0.1, 0.15) is 31.4 Å². The minimum Gasteiger partial charge on any atom is -0.336 e. The lowest BCUT2D eigenvalue weighted by Gasteiger charge is -2.36. The van der Waals surface area contributed by atoms with E-state index in [0.29, 0.717) is 5.92 Å². The number of nitrogens with one attached hydrogen (secondary N) is 1. The quantitative estimate of drug-likeness (QED) is 0.861. The number of amidine groups is 1. The molecule has 0 radical (unpaired) electrons. The molecule has 140 valence electrons. The third kappa shape index (κ3) is 3.87. The molecule has 0 bridgehead atoms. The van der Waals surface area contributed by atoms with Gasteiger partial charge in [0, 0.05) is 19.3 Å². The second kappa shape index (κ2) is 7.70. The van der Waals surface area contributed by atoms with Crippen LogP contribution in [0.25, 0.3) is 0 Å². The summed E-state index contributed by atoms with van der Waals surface area (Å²) in [6, 6.07) is 7.58. The fraction of sp³-hybridized carbons (Fsp3) is 0.526. The van der Waals surface area contributed by atoms with Gasteiger partial charge in [-0.05, 0) is 24.8 Å². The van der Waals surface area contributed by atoms with E-state index in [1.807, 2.05) is 0 Å². The van der Waals surface area contributed by atoms with E-state index in [9.17, 15) is 9.59 Å². The highest BCUT2D eigenvalue weighted by Gasteiger charge is 2.48. The van der Waals surface area contributed by atoms with Gasteiger partial charge in [0.2, 0.25) is 0 Å². The van der Waals surface area contributed by atoms with Gasteiger partial charge < -0.3 is 9.80 Å². The van der Waals surface area contributed by atoms with Crippen LogP contribution in [-0.2, 0) is 10.5 Å². The molecule has 1 saturated heterocycles. The number of hydrogen-bond acceptors (Lipinski definition) is 5. The van der Waals surface area contributed by atoms with Crippen LogP contribution in [0.15, 0.2) is 29.3 Å². The third-order valence-corrected chi connectivity index (χ3v) is 5.80. The summed E-state index contributed by atoms with van der Waals surface area (Å²) in [5.74, 6) is 1.07. The first-order chi connectivity index (χ1) is 12.4. The molecule has 7 heteroatoms. The lowest BCUT2D eigenvalue weighted by Crippen LogP contribution is -2.63. The largest absolute Gasteiger partial charge is 0.336 e. The summed E-state index contributed by atoms with van der Waals surface area (Å²) in [5, 5.41) is 3.29. The van der Waals surface area contributed by atoms with Crippen molar-refractivity contribution in [1.82, 2.24) is 15.1 Å². The van der Waals surface area contributed by atoms with Gasteiger partial charge in [0.05, 0.1) is 0 Å². The zero-order valence-electron chi connectivity index (χ0n) is 15.7. The number of benzene rings is 1. The van der Waals surface area contributed by atoms with Crippen LogP contribution >= 0.6 is 11.8 Å². The molecule has 0 spiro atoms. The summed E-state index contributed by atoms with van der Waals surface area (Å²) in [4.78, 5) is 32.7. The first-order valence-corrected chi connectivity index (χ1v) is 9.96. The number of rotatable bonds is 5. The van der Waals surface area contributed by atoms with Crippen LogP contribution in [0, 0.1) is 12.8 Å². The minimum atomic E-state index is -0.441. The molecule has 1 N–H and O–H groups in total. The molecule has 2 aliphatic heterocycles. The average molecular weight is 375 g/mol. The van der Waals surface area contributed by atoms with Crippen molar-refractivity contribution in [2.24, 2.45) is 10.9 Å². The maximum Gasteiger partial charge on any atom is 0.325 e. The lowest BCUT2D eigenvalue weighted by molar-refractivity contribution is -0.127. The molecular weight excluding hydrogens is 348 g/mol. The highest BCUT2D eigenvalue weighted by molar-refractivity contribution is 8.13. The molecular formula is C19H26N4O2S. The normalized spacial score (nSPS) is 22.6. The zero-order valence-corrected chi connectivity index (χ0v) is 16.5. The highest BCUT2D eigenvalue weighted by atomic mass is 32.2. The van der Waals surface area contributed by atoms with E-state index in [0.717, 1.165) is 23.9 Å². The fourth-order valence-corrected chi connectivity index (χ4v) is 4.23. The van der Waals surface area contributed by atoms with E-state index in [1.165, 1.54) is 16.0 Å². The average Bonchev–Trinajstić information content (AvgIpc) is 2.95. The van der Waals surface area contributed by atoms with Crippen LogP contribution in [-0.4, -0.2) is 52.7 Å². The molecule has 0 aromatic heterocycles. The summed E-state index contributed by atoms with van der Waals surface area (Å²) in [6.45, 7) is 7.17. The van der Waals surface area contributed by atoms with E-state index >= 15 is 0 Å². The zero-order chi connectivity index (χ0) is 18.8. The number of aryl methyl sites for hydroxylation is 1. The Balaban J connectivity index is 1.79. The first kappa shape index (κ1) is 18.8. The van der Waals surface area contributed by atoms with Gasteiger partial charge >= 0.3 is 6.03 Å². The van der Waals surface area contributed by atoms with Gasteiger partial charge in [0.1, 0.15) is 0 Å². The molecule has 0 saturated carbocycles. The number of carbonyl (C=O) groups excluding carboxylic acids is 2. The molecule has 0 aliphatic carbocycles. The Bertz CT molecular complexity index is 734. The number of thioether (sulfide) groups is 1. The molecule has 2 atom stereocenters. The number of hydrogen-bond donors (Lipinski definition) is 1. The van der Waals surface area contributed by atoms with E-state index in [4.69, 9.17) is 4.99 Å². The van der Waals surface area contributed by atoms with Crippen molar-refractivity contribution < 1.29 is 9.59 Å². The maximum atomic E-state index is 12.5. The number of nitrogens with zero attached hydrogens (tertiary/aromatic N) is 3. The fourth-order valence-electron chi connectivity index (χ4n) is 3.20. The molecule has 2 aliphatic rings. The molecule has 1 aromatic carbocycles. The monoisotopic (exact) mass is 374 g/mol. The second-order valence-corrected chi connectivity index (χ2v) is 8.27. The van der Waals surface area contributed by atoms with E-state index < -0.39 is 12.2 Å². The standard InChI is InChI=1S/C19H26N4O2S/c1-12(2)8-9-23-15-16(22(4)18(25)21-17(15)24)20-19(23)26-11-14-7-5-6-13(3)10-14/h5-7,10,12,15-16H,8-9,11H2,1-4H3,(H,21,24,25). The second-order valence-electron chi connectivity index (χ2n) is 7.33. The number of likely N-dealkylation sites (N-methyl/N-ethyl adjacent to an activating group) is 1. The summed E-state index contributed by atoms with van der Waals surface area (Å²) in [5.41, 5.74) is 2.46. The minimum absolute atomic E-state index is 0.253. The van der Waals surface area contributed by atoms with Crippen LogP contribution < -0.4 is 5.32 Å². The summed E-state index contributed by atoms with van der Waals surface area (Å²) < 4.78 is 0. The van der Waals surface area contributed by atoms with Crippen molar-refractivity contribution in [1.29, 1.82) is 0 Å². The predicted molar refractivity (Wildman–Crippen MR) is 105 cm³/mol. The number of fused-ring (bicyclic) bond motifs is 1. The van der Waals surface area contributed by atoms with Crippen molar-refractivity contribution in [2.75, 3.05) is 13.6 Å². The molecule has 1 aromatic rings. The van der Waals surface area contributed by atoms with E-state index in [-0.39, 0.29) is 11.9 Å². The lowest BCUT2D eigenvalue weighted by atomic mass is 10.1. The van der Waals surface area contributed by atoms with E-state index in [2.05, 4.69) is 55.3 Å². The summed E-state index contributed by atoms with van der Waals surface area (Å²) >= 11 is 1.63. The maximum absolute atomic E-state index is 12.5. The third-order valence-electron chi connectivity index (χ3n) is 4.72. The topological polar surface area (TPSA) is 65.0 Å². The number of amides is 3. The molecule has 3 rings (SSSR count). The Morgan fingerprint density at radius 3 is 2.77 bits per heavy atom. The smallest absolute Gasteiger partial charge is 0.325 e. The van der Waals surface area contributed by atoms with Crippen molar-refractivity contribution >= 4 is 28.9 Å². The molecule has 1 fully saturated rings. The number of imide groups is 1. The van der Waals surface area contributed by atoms with E-state index in [1.54, 1.807) is 18.8 Å². The van der Waals surface area contributed by atoms with Gasteiger partial charge in [-0.25, -0.2) is 9.79 Å². The van der Waals surface area contributed by atoms with Gasteiger partial charge in [-0.15, -0.1) is 0 Å². The molecule has 2 unspecified atom stereocenters. The Hall–Kier alpha value is -2.02. The Kier molecular flexibility index (Phi) is 5.55. The highest BCUT2D eigenvalue weighted by Crippen LogP contribution is 2.30. The SMILES string of the molecule is Cc1cccc(CSC2=NC3C(C(=O)NC(=O)N3C)N2CCC(C)C)c1. The van der Waals surface area contributed by atoms with Crippen LogP contribution in [0.5, 0.6) is 0 Å². The number of aliphatic imine (C=N–C) groups is 1. The molecule has 6 nitrogen and oxygen atoms in total. The van der Waals surface area contributed by atoms with Gasteiger partial charge in [-0.3, -0.25) is 10.1 Å². The van der Waals surface area contributed by atoms with Crippen molar-refractivity contribution in [2.45, 2.75) is 45.2 Å². The number of urea groups is 1. The van der Waals surface area contributed by atoms with Crippen LogP contribution in [0.2, 0.25) is 0 Å². The predicted octanol–water partition coefficient (Wildman–Crippen LogP) is 2.82. The molecule has 3 amide bonds. The first-order valence-electron chi connectivity index (χ1n) is 8.97.